The lowest BCUT2D eigenvalue weighted by molar-refractivity contribution is 0.0695. The van der Waals surface area contributed by atoms with Crippen LogP contribution in [0, 0.1) is 18.3 Å². The van der Waals surface area contributed by atoms with Crippen molar-refractivity contribution < 1.29 is 19.1 Å². The molecule has 1 rings (SSSR count). The molecule has 118 valence electrons. The number of nitrogens with one attached hydrogen (secondary N) is 2. The zero-order valence-electron chi connectivity index (χ0n) is 13.2. The number of carbonyl (C=O) groups is 2. The Hall–Kier alpha value is -1.98. The van der Waals surface area contributed by atoms with Crippen molar-refractivity contribution in [1.29, 1.82) is 0 Å². The Kier molecular flexibility index (Phi) is 5.41. The van der Waals surface area contributed by atoms with Crippen LogP contribution in [0.1, 0.15) is 49.6 Å². The molecule has 0 aliphatic carbocycles. The average molecular weight is 296 g/mol. The third-order valence-electron chi connectivity index (χ3n) is 3.89. The first-order chi connectivity index (χ1) is 9.63. The summed E-state index contributed by atoms with van der Waals surface area (Å²) in [6.07, 6.45) is 0. The van der Waals surface area contributed by atoms with Crippen molar-refractivity contribution in [2.45, 2.75) is 41.2 Å². The lowest BCUT2D eigenvalue weighted by Crippen LogP contribution is -2.42. The second-order valence-electron chi connectivity index (χ2n) is 6.17. The SMILES string of the molecule is Cc1oc(CNC(=O)NCC(C)(C)C(C)C)cc1C(=O)O. The van der Waals surface area contributed by atoms with Gasteiger partial charge in [-0.1, -0.05) is 27.7 Å². The Bertz CT molecular complexity index is 518. The number of hydrogen-bond acceptors (Lipinski definition) is 3. The standard InChI is InChI=1S/C15H24N2O4/c1-9(2)15(4,5)8-17-14(20)16-7-11-6-12(13(18)19)10(3)21-11/h6,9H,7-8H2,1-5H3,(H,18,19)(H2,16,17,20). The number of furan rings is 1. The maximum absolute atomic E-state index is 11.7. The Balaban J connectivity index is 2.47. The highest BCUT2D eigenvalue weighted by Gasteiger charge is 2.22. The first-order valence-electron chi connectivity index (χ1n) is 6.98. The van der Waals surface area contributed by atoms with Crippen molar-refractivity contribution in [1.82, 2.24) is 10.6 Å². The number of aromatic carboxylic acids is 1. The highest BCUT2D eigenvalue weighted by molar-refractivity contribution is 5.88. The molecule has 6 heteroatoms. The number of aryl methyl sites for hydroxylation is 1. The summed E-state index contributed by atoms with van der Waals surface area (Å²) >= 11 is 0. The summed E-state index contributed by atoms with van der Waals surface area (Å²) in [6.45, 7) is 10.7. The van der Waals surface area contributed by atoms with Crippen LogP contribution in [0.4, 0.5) is 4.79 Å². The van der Waals surface area contributed by atoms with Gasteiger partial charge in [-0.25, -0.2) is 9.59 Å². The monoisotopic (exact) mass is 296 g/mol. The molecular formula is C15H24N2O4. The summed E-state index contributed by atoms with van der Waals surface area (Å²) in [4.78, 5) is 22.6. The van der Waals surface area contributed by atoms with Gasteiger partial charge in [0.15, 0.2) is 0 Å². The first-order valence-corrected chi connectivity index (χ1v) is 6.98. The van der Waals surface area contributed by atoms with Crippen LogP contribution >= 0.6 is 0 Å². The van der Waals surface area contributed by atoms with Crippen LogP contribution in [0.25, 0.3) is 0 Å². The van der Waals surface area contributed by atoms with E-state index in [1.807, 2.05) is 0 Å². The molecule has 6 nitrogen and oxygen atoms in total. The molecule has 0 fully saturated rings. The van der Waals surface area contributed by atoms with E-state index in [9.17, 15) is 9.59 Å². The minimum absolute atomic E-state index is 0.00902. The molecule has 0 aromatic carbocycles. The molecule has 1 aromatic rings. The third kappa shape index (κ3) is 4.81. The van der Waals surface area contributed by atoms with Gasteiger partial charge in [0.2, 0.25) is 0 Å². The molecule has 3 N–H and O–H groups in total. The van der Waals surface area contributed by atoms with E-state index >= 15 is 0 Å². The second-order valence-corrected chi connectivity index (χ2v) is 6.17. The van der Waals surface area contributed by atoms with Gasteiger partial charge in [0.05, 0.1) is 6.54 Å². The van der Waals surface area contributed by atoms with Crippen molar-refractivity contribution >= 4 is 12.0 Å². The number of carbonyl (C=O) groups excluding carboxylic acids is 1. The number of carboxylic acids is 1. The fourth-order valence-corrected chi connectivity index (χ4v) is 1.59. The fourth-order valence-electron chi connectivity index (χ4n) is 1.59. The lowest BCUT2D eigenvalue weighted by atomic mass is 9.81. The second kappa shape index (κ2) is 6.65. The van der Waals surface area contributed by atoms with E-state index in [1.54, 1.807) is 6.92 Å². The molecule has 0 atom stereocenters. The van der Waals surface area contributed by atoms with Crippen molar-refractivity contribution in [3.8, 4) is 0 Å². The summed E-state index contributed by atoms with van der Waals surface area (Å²) in [5.74, 6) is 0.165. The van der Waals surface area contributed by atoms with E-state index in [-0.39, 0.29) is 23.6 Å². The van der Waals surface area contributed by atoms with Crippen LogP contribution < -0.4 is 10.6 Å². The van der Waals surface area contributed by atoms with Crippen molar-refractivity contribution in [2.75, 3.05) is 6.54 Å². The van der Waals surface area contributed by atoms with Gasteiger partial charge >= 0.3 is 12.0 Å². The molecule has 0 bridgehead atoms. The van der Waals surface area contributed by atoms with Crippen LogP contribution in [0.3, 0.4) is 0 Å². The summed E-state index contributed by atoms with van der Waals surface area (Å²) in [7, 11) is 0. The normalized spacial score (nSPS) is 11.5. The van der Waals surface area contributed by atoms with E-state index in [4.69, 9.17) is 9.52 Å². The van der Waals surface area contributed by atoms with Crippen LogP contribution in [-0.2, 0) is 6.54 Å². The predicted molar refractivity (Wildman–Crippen MR) is 79.3 cm³/mol. The van der Waals surface area contributed by atoms with Gasteiger partial charge in [-0.15, -0.1) is 0 Å². The highest BCUT2D eigenvalue weighted by atomic mass is 16.4. The van der Waals surface area contributed by atoms with Crippen molar-refractivity contribution in [3.63, 3.8) is 0 Å². The minimum atomic E-state index is -1.04. The molecule has 0 saturated heterocycles. The zero-order chi connectivity index (χ0) is 16.2. The Morgan fingerprint density at radius 3 is 2.43 bits per heavy atom. The highest BCUT2D eigenvalue weighted by Crippen LogP contribution is 2.24. The molecule has 2 amide bonds. The lowest BCUT2D eigenvalue weighted by Gasteiger charge is -2.29. The Morgan fingerprint density at radius 2 is 1.95 bits per heavy atom. The number of rotatable bonds is 6. The quantitative estimate of drug-likeness (QED) is 0.752. The van der Waals surface area contributed by atoms with Crippen molar-refractivity contribution in [3.05, 3.63) is 23.2 Å². The van der Waals surface area contributed by atoms with E-state index in [0.29, 0.717) is 24.0 Å². The molecule has 0 unspecified atom stereocenters. The largest absolute Gasteiger partial charge is 0.478 e. The van der Waals surface area contributed by atoms with E-state index in [1.165, 1.54) is 6.07 Å². The van der Waals surface area contributed by atoms with E-state index in [0.717, 1.165) is 0 Å². The van der Waals surface area contributed by atoms with Gasteiger partial charge < -0.3 is 20.2 Å². The average Bonchev–Trinajstić information content (AvgIpc) is 2.75. The number of carboxylic acid groups (broad SMARTS) is 1. The van der Waals surface area contributed by atoms with Gasteiger partial charge in [0.1, 0.15) is 17.1 Å². The molecular weight excluding hydrogens is 272 g/mol. The topological polar surface area (TPSA) is 91.6 Å². The molecule has 21 heavy (non-hydrogen) atoms. The van der Waals surface area contributed by atoms with Gasteiger partial charge in [-0.2, -0.15) is 0 Å². The summed E-state index contributed by atoms with van der Waals surface area (Å²) in [5.41, 5.74) is 0.128. The smallest absolute Gasteiger partial charge is 0.339 e. The Labute approximate surface area is 124 Å². The summed E-state index contributed by atoms with van der Waals surface area (Å²) in [6, 6.07) is 1.13. The molecule has 0 spiro atoms. The maximum Gasteiger partial charge on any atom is 0.339 e. The van der Waals surface area contributed by atoms with Crippen LogP contribution in [0.5, 0.6) is 0 Å². The van der Waals surface area contributed by atoms with Crippen LogP contribution in [0.2, 0.25) is 0 Å². The van der Waals surface area contributed by atoms with E-state index < -0.39 is 5.97 Å². The Morgan fingerprint density at radius 1 is 1.33 bits per heavy atom. The first kappa shape index (κ1) is 17.1. The zero-order valence-corrected chi connectivity index (χ0v) is 13.2. The number of amides is 2. The van der Waals surface area contributed by atoms with Gasteiger partial charge in [-0.05, 0) is 24.3 Å². The predicted octanol–water partition coefficient (Wildman–Crippen LogP) is 2.77. The van der Waals surface area contributed by atoms with Crippen molar-refractivity contribution in [2.24, 2.45) is 11.3 Å². The maximum atomic E-state index is 11.7. The van der Waals surface area contributed by atoms with Crippen LogP contribution in [0.15, 0.2) is 10.5 Å². The number of hydrogen-bond donors (Lipinski definition) is 3. The van der Waals surface area contributed by atoms with E-state index in [2.05, 4.69) is 38.3 Å². The molecule has 0 aliphatic rings. The molecule has 0 aliphatic heterocycles. The summed E-state index contributed by atoms with van der Waals surface area (Å²) < 4.78 is 5.29. The number of urea groups is 1. The van der Waals surface area contributed by atoms with Gasteiger partial charge in [-0.3, -0.25) is 0 Å². The van der Waals surface area contributed by atoms with Crippen LogP contribution in [-0.4, -0.2) is 23.7 Å². The molecule has 1 heterocycles. The molecule has 0 radical (unpaired) electrons. The molecule has 1 aromatic heterocycles. The minimum Gasteiger partial charge on any atom is -0.478 e. The third-order valence-corrected chi connectivity index (χ3v) is 3.89. The van der Waals surface area contributed by atoms with Gasteiger partial charge in [0.25, 0.3) is 0 Å². The molecule has 0 saturated carbocycles. The van der Waals surface area contributed by atoms with Gasteiger partial charge in [0, 0.05) is 6.54 Å². The summed E-state index contributed by atoms with van der Waals surface area (Å²) in [5, 5.41) is 14.4. The fraction of sp³-hybridized carbons (Fsp3) is 0.600.